The van der Waals surface area contributed by atoms with Crippen LogP contribution in [0.15, 0.2) is 47.5 Å². The summed E-state index contributed by atoms with van der Waals surface area (Å²) in [5.74, 6) is 2.72. The second kappa shape index (κ2) is 8.43. The number of anilines is 1. The molecule has 29 heavy (non-hydrogen) atoms. The van der Waals surface area contributed by atoms with Gasteiger partial charge in [0, 0.05) is 48.4 Å². The minimum atomic E-state index is -0.105. The zero-order valence-corrected chi connectivity index (χ0v) is 16.8. The van der Waals surface area contributed by atoms with Crippen LogP contribution in [0.3, 0.4) is 0 Å². The second-order valence-electron chi connectivity index (χ2n) is 7.44. The van der Waals surface area contributed by atoms with Crippen molar-refractivity contribution in [2.45, 2.75) is 26.7 Å². The van der Waals surface area contributed by atoms with Crippen LogP contribution >= 0.6 is 0 Å². The molecule has 7 heteroatoms. The number of nitrogens with one attached hydrogen (secondary N) is 1. The molecule has 0 aromatic carbocycles. The van der Waals surface area contributed by atoms with E-state index < -0.39 is 0 Å². The maximum absolute atomic E-state index is 12.0. The molecule has 0 aliphatic carbocycles. The largest absolute Gasteiger partial charge is 0.477 e. The molecular weight excluding hydrogens is 366 g/mol. The number of pyridine rings is 2. The third kappa shape index (κ3) is 4.45. The first-order chi connectivity index (χ1) is 14.1. The number of aryl methyl sites for hydroxylation is 1. The lowest BCUT2D eigenvalue weighted by atomic mass is 9.98. The molecule has 0 saturated carbocycles. The van der Waals surface area contributed by atoms with E-state index in [1.165, 1.54) is 0 Å². The Kier molecular flexibility index (Phi) is 5.55. The van der Waals surface area contributed by atoms with Crippen molar-refractivity contribution in [1.29, 1.82) is 0 Å². The van der Waals surface area contributed by atoms with Crippen molar-refractivity contribution in [3.05, 3.63) is 64.3 Å². The van der Waals surface area contributed by atoms with Crippen LogP contribution in [0.5, 0.6) is 5.88 Å². The molecular formula is C22H25N5O2. The van der Waals surface area contributed by atoms with Crippen LogP contribution in [-0.4, -0.2) is 39.6 Å². The Morgan fingerprint density at radius 3 is 2.62 bits per heavy atom. The highest BCUT2D eigenvalue weighted by Gasteiger charge is 2.21. The molecule has 0 atom stereocenters. The van der Waals surface area contributed by atoms with Crippen LogP contribution in [-0.2, 0) is 0 Å². The van der Waals surface area contributed by atoms with Crippen LogP contribution in [0, 0.1) is 19.8 Å². The van der Waals surface area contributed by atoms with E-state index >= 15 is 0 Å². The van der Waals surface area contributed by atoms with E-state index in [0.29, 0.717) is 29.8 Å². The number of hydrogen-bond donors (Lipinski definition) is 1. The summed E-state index contributed by atoms with van der Waals surface area (Å²) in [6.07, 6.45) is 5.64. The van der Waals surface area contributed by atoms with Crippen molar-refractivity contribution in [1.82, 2.24) is 19.9 Å². The molecule has 1 aliphatic heterocycles. The van der Waals surface area contributed by atoms with E-state index in [1.807, 2.05) is 37.3 Å². The molecule has 0 radical (unpaired) electrons. The van der Waals surface area contributed by atoms with Gasteiger partial charge in [-0.2, -0.15) is 0 Å². The van der Waals surface area contributed by atoms with Crippen molar-refractivity contribution in [3.8, 4) is 17.3 Å². The van der Waals surface area contributed by atoms with Gasteiger partial charge in [0.25, 0.3) is 5.56 Å². The van der Waals surface area contributed by atoms with Gasteiger partial charge in [0.1, 0.15) is 11.6 Å². The van der Waals surface area contributed by atoms with Gasteiger partial charge >= 0.3 is 0 Å². The number of nitrogens with zero attached hydrogens (tertiary/aromatic N) is 4. The van der Waals surface area contributed by atoms with Gasteiger partial charge < -0.3 is 14.6 Å². The van der Waals surface area contributed by atoms with Gasteiger partial charge in [-0.1, -0.05) is 6.07 Å². The fraction of sp³-hybridized carbons (Fsp3) is 0.364. The molecule has 3 aromatic heterocycles. The van der Waals surface area contributed by atoms with Crippen LogP contribution in [0.4, 0.5) is 5.82 Å². The molecule has 1 saturated heterocycles. The fourth-order valence-electron chi connectivity index (χ4n) is 3.46. The van der Waals surface area contributed by atoms with Gasteiger partial charge in [-0.05, 0) is 50.8 Å². The van der Waals surface area contributed by atoms with Crippen LogP contribution in [0.25, 0.3) is 11.4 Å². The van der Waals surface area contributed by atoms with Crippen molar-refractivity contribution in [3.63, 3.8) is 0 Å². The third-order valence-electron chi connectivity index (χ3n) is 5.46. The first-order valence-corrected chi connectivity index (χ1v) is 9.93. The smallest absolute Gasteiger partial charge is 0.254 e. The molecule has 0 spiro atoms. The minimum Gasteiger partial charge on any atom is -0.477 e. The van der Waals surface area contributed by atoms with Crippen LogP contribution in [0.1, 0.15) is 24.1 Å². The molecule has 4 heterocycles. The van der Waals surface area contributed by atoms with Gasteiger partial charge in [-0.3, -0.25) is 4.79 Å². The van der Waals surface area contributed by atoms with E-state index in [9.17, 15) is 4.79 Å². The summed E-state index contributed by atoms with van der Waals surface area (Å²) in [5, 5.41) is 0. The lowest BCUT2D eigenvalue weighted by Crippen LogP contribution is -2.36. The predicted molar refractivity (Wildman–Crippen MR) is 112 cm³/mol. The monoisotopic (exact) mass is 391 g/mol. The Balaban J connectivity index is 1.35. The Morgan fingerprint density at radius 2 is 1.97 bits per heavy atom. The normalized spacial score (nSPS) is 14.8. The molecule has 150 valence electrons. The first kappa shape index (κ1) is 19.1. The maximum Gasteiger partial charge on any atom is 0.254 e. The average molecular weight is 391 g/mol. The van der Waals surface area contributed by atoms with Crippen molar-refractivity contribution in [2.24, 2.45) is 5.92 Å². The highest BCUT2D eigenvalue weighted by molar-refractivity contribution is 5.56. The van der Waals surface area contributed by atoms with E-state index in [-0.39, 0.29) is 5.56 Å². The quantitative estimate of drug-likeness (QED) is 0.719. The summed E-state index contributed by atoms with van der Waals surface area (Å²) >= 11 is 0. The summed E-state index contributed by atoms with van der Waals surface area (Å²) in [7, 11) is 0. The van der Waals surface area contributed by atoms with Crippen molar-refractivity contribution >= 4 is 5.82 Å². The molecule has 7 nitrogen and oxygen atoms in total. The molecule has 0 unspecified atom stereocenters. The molecule has 1 N–H and O–H groups in total. The first-order valence-electron chi connectivity index (χ1n) is 9.93. The summed E-state index contributed by atoms with van der Waals surface area (Å²) in [6, 6.07) is 9.67. The standard InChI is InChI=1S/C22H25N5O2/c1-15-16(2)25-21(26-22(15)28)18-6-7-19(24-13-18)27-11-8-17(9-12-27)14-29-20-5-3-4-10-23-20/h3-7,10,13,17H,8-9,11-12,14H2,1-2H3,(H,25,26,28). The lowest BCUT2D eigenvalue weighted by Gasteiger charge is -2.32. The number of hydrogen-bond acceptors (Lipinski definition) is 6. The van der Waals surface area contributed by atoms with E-state index in [4.69, 9.17) is 4.74 Å². The zero-order chi connectivity index (χ0) is 20.2. The molecule has 3 aromatic rings. The van der Waals surface area contributed by atoms with Crippen LogP contribution in [0.2, 0.25) is 0 Å². The summed E-state index contributed by atoms with van der Waals surface area (Å²) < 4.78 is 5.80. The maximum atomic E-state index is 12.0. The summed E-state index contributed by atoms with van der Waals surface area (Å²) in [6.45, 7) is 6.21. The number of ether oxygens (including phenoxy) is 1. The Labute approximate surface area is 169 Å². The number of aromatic nitrogens is 4. The lowest BCUT2D eigenvalue weighted by molar-refractivity contribution is 0.216. The van der Waals surface area contributed by atoms with E-state index in [2.05, 4.69) is 24.8 Å². The average Bonchev–Trinajstić information content (AvgIpc) is 2.77. The number of H-pyrrole nitrogens is 1. The van der Waals surface area contributed by atoms with Gasteiger partial charge in [0.2, 0.25) is 5.88 Å². The Bertz CT molecular complexity index is 1010. The van der Waals surface area contributed by atoms with Gasteiger partial charge in [-0.25, -0.2) is 15.0 Å². The molecule has 0 bridgehead atoms. The van der Waals surface area contributed by atoms with E-state index in [0.717, 1.165) is 43.0 Å². The molecule has 0 amide bonds. The molecule has 4 rings (SSSR count). The number of rotatable bonds is 5. The second-order valence-corrected chi connectivity index (χ2v) is 7.44. The van der Waals surface area contributed by atoms with Crippen LogP contribution < -0.4 is 15.2 Å². The van der Waals surface area contributed by atoms with Crippen molar-refractivity contribution < 1.29 is 4.74 Å². The Morgan fingerprint density at radius 1 is 1.14 bits per heavy atom. The third-order valence-corrected chi connectivity index (χ3v) is 5.46. The van der Waals surface area contributed by atoms with Crippen molar-refractivity contribution in [2.75, 3.05) is 24.6 Å². The van der Waals surface area contributed by atoms with Gasteiger partial charge in [0.05, 0.1) is 6.61 Å². The summed E-state index contributed by atoms with van der Waals surface area (Å²) in [4.78, 5) is 30.4. The zero-order valence-electron chi connectivity index (χ0n) is 16.8. The van der Waals surface area contributed by atoms with E-state index in [1.54, 1.807) is 19.3 Å². The predicted octanol–water partition coefficient (Wildman–Crippen LogP) is 3.14. The highest BCUT2D eigenvalue weighted by Crippen LogP contribution is 2.24. The fourth-order valence-corrected chi connectivity index (χ4v) is 3.46. The number of aromatic amines is 1. The van der Waals surface area contributed by atoms with Gasteiger partial charge in [0.15, 0.2) is 0 Å². The Hall–Kier alpha value is -3.22. The SMILES string of the molecule is Cc1nc(-c2ccc(N3CCC(COc4ccccn4)CC3)nc2)[nH]c(=O)c1C. The number of piperidine rings is 1. The minimum absolute atomic E-state index is 0.105. The molecule has 1 fully saturated rings. The summed E-state index contributed by atoms with van der Waals surface area (Å²) in [5.41, 5.74) is 2.09. The molecule has 1 aliphatic rings. The topological polar surface area (TPSA) is 84.0 Å². The highest BCUT2D eigenvalue weighted by atomic mass is 16.5. The van der Waals surface area contributed by atoms with Gasteiger partial charge in [-0.15, -0.1) is 0 Å².